The molecule has 1 aliphatic rings. The lowest BCUT2D eigenvalue weighted by Crippen LogP contribution is -2.44. The highest BCUT2D eigenvalue weighted by Gasteiger charge is 2.29. The number of amides is 1. The van der Waals surface area contributed by atoms with E-state index in [0.29, 0.717) is 37.2 Å². The van der Waals surface area contributed by atoms with E-state index in [4.69, 9.17) is 14.0 Å². The van der Waals surface area contributed by atoms with Gasteiger partial charge in [0, 0.05) is 18.0 Å². The molecule has 0 radical (unpaired) electrons. The third-order valence-corrected chi connectivity index (χ3v) is 3.85. The number of hydrogen-bond acceptors (Lipinski definition) is 7. The van der Waals surface area contributed by atoms with Crippen LogP contribution in [0.2, 0.25) is 0 Å². The molecule has 2 aromatic heterocycles. The molecule has 9 heteroatoms. The van der Waals surface area contributed by atoms with E-state index in [9.17, 15) is 4.79 Å². The van der Waals surface area contributed by atoms with Gasteiger partial charge >= 0.3 is 0 Å². The van der Waals surface area contributed by atoms with Gasteiger partial charge in [0.2, 0.25) is 0 Å². The van der Waals surface area contributed by atoms with Crippen molar-refractivity contribution in [2.24, 2.45) is 0 Å². The van der Waals surface area contributed by atoms with Gasteiger partial charge < -0.3 is 18.9 Å². The highest BCUT2D eigenvalue weighted by atomic mass is 16.5. The maximum atomic E-state index is 12.4. The van der Waals surface area contributed by atoms with Gasteiger partial charge in [-0.15, -0.1) is 0 Å². The molecule has 0 saturated carbocycles. The molecule has 25 heavy (non-hydrogen) atoms. The van der Waals surface area contributed by atoms with E-state index in [1.54, 1.807) is 17.9 Å². The fourth-order valence-corrected chi connectivity index (χ4v) is 2.43. The Morgan fingerprint density at radius 3 is 2.92 bits per heavy atom. The van der Waals surface area contributed by atoms with Crippen LogP contribution in [0.15, 0.2) is 10.6 Å². The number of rotatable bonds is 4. The van der Waals surface area contributed by atoms with Crippen LogP contribution >= 0.6 is 0 Å². The molecule has 0 unspecified atom stereocenters. The molecule has 9 nitrogen and oxygen atoms in total. The Balaban J connectivity index is 1.58. The van der Waals surface area contributed by atoms with Crippen LogP contribution in [-0.2, 0) is 14.9 Å². The lowest BCUT2D eigenvalue weighted by atomic mass is 9.96. The van der Waals surface area contributed by atoms with E-state index >= 15 is 0 Å². The first-order valence-electron chi connectivity index (χ1n) is 8.21. The fourth-order valence-electron chi connectivity index (χ4n) is 2.43. The van der Waals surface area contributed by atoms with Crippen molar-refractivity contribution in [2.45, 2.75) is 39.2 Å². The van der Waals surface area contributed by atoms with Crippen molar-refractivity contribution in [2.75, 3.05) is 26.3 Å². The summed E-state index contributed by atoms with van der Waals surface area (Å²) in [6.07, 6.45) is -0.324. The van der Waals surface area contributed by atoms with E-state index in [2.05, 4.69) is 20.3 Å². The number of hydrogen-bond donors (Lipinski definition) is 1. The van der Waals surface area contributed by atoms with Crippen LogP contribution < -0.4 is 4.74 Å². The van der Waals surface area contributed by atoms with Gasteiger partial charge in [0.1, 0.15) is 11.9 Å². The zero-order valence-corrected chi connectivity index (χ0v) is 14.9. The Kier molecular flexibility index (Phi) is 4.76. The molecule has 2 aromatic rings. The van der Waals surface area contributed by atoms with Gasteiger partial charge in [-0.3, -0.25) is 9.89 Å². The largest absolute Gasteiger partial charge is 0.465 e. The van der Waals surface area contributed by atoms with Gasteiger partial charge in [-0.05, 0) is 12.1 Å². The SMILES string of the molecule is Cc1cc(OCC(=O)N2CCO[C@@H](c3nc(C(C)(C)C)n[nH]3)C2)no1. The number of aryl methyl sites for hydroxylation is 1. The Hall–Kier alpha value is -2.42. The minimum absolute atomic E-state index is 0.0949. The zero-order chi connectivity index (χ0) is 18.0. The predicted molar refractivity (Wildman–Crippen MR) is 87.1 cm³/mol. The molecule has 3 heterocycles. The average molecular weight is 349 g/mol. The molecule has 0 spiro atoms. The van der Waals surface area contributed by atoms with Crippen molar-refractivity contribution < 1.29 is 18.8 Å². The summed E-state index contributed by atoms with van der Waals surface area (Å²) in [5.74, 6) is 2.16. The summed E-state index contributed by atoms with van der Waals surface area (Å²) in [6.45, 7) is 9.14. The third-order valence-electron chi connectivity index (χ3n) is 3.85. The number of nitrogens with one attached hydrogen (secondary N) is 1. The molecule has 0 aromatic carbocycles. The molecule has 136 valence electrons. The molecule has 1 aliphatic heterocycles. The van der Waals surface area contributed by atoms with Crippen molar-refractivity contribution in [3.63, 3.8) is 0 Å². The van der Waals surface area contributed by atoms with Crippen molar-refractivity contribution in [3.8, 4) is 5.88 Å². The maximum Gasteiger partial charge on any atom is 0.260 e. The molecule has 1 N–H and O–H groups in total. The first-order valence-corrected chi connectivity index (χ1v) is 8.21. The molecular weight excluding hydrogens is 326 g/mol. The number of aromatic nitrogens is 4. The second-order valence-electron chi connectivity index (χ2n) is 7.06. The topological polar surface area (TPSA) is 106 Å². The van der Waals surface area contributed by atoms with E-state index < -0.39 is 0 Å². The van der Waals surface area contributed by atoms with E-state index in [-0.39, 0.29) is 24.0 Å². The molecular formula is C16H23N5O4. The molecule has 3 rings (SSSR count). The van der Waals surface area contributed by atoms with E-state index in [0.717, 1.165) is 5.82 Å². The number of carbonyl (C=O) groups excluding carboxylic acids is 1. The number of nitrogens with zero attached hydrogens (tertiary/aromatic N) is 4. The highest BCUT2D eigenvalue weighted by Crippen LogP contribution is 2.23. The quantitative estimate of drug-likeness (QED) is 0.888. The van der Waals surface area contributed by atoms with Crippen LogP contribution in [0.25, 0.3) is 0 Å². The standard InChI is InChI=1S/C16H23N5O4/c1-10-7-12(20-25-10)24-9-13(22)21-5-6-23-11(8-21)14-17-15(19-18-14)16(2,3)4/h7,11H,5-6,8-9H2,1-4H3,(H,17,18,19)/t11-/m1/s1. The van der Waals surface area contributed by atoms with Crippen LogP contribution in [-0.4, -0.2) is 57.4 Å². The van der Waals surface area contributed by atoms with Crippen molar-refractivity contribution in [1.82, 2.24) is 25.2 Å². The van der Waals surface area contributed by atoms with Gasteiger partial charge in [0.15, 0.2) is 18.3 Å². The third kappa shape index (κ3) is 4.16. The van der Waals surface area contributed by atoms with Gasteiger partial charge in [0.25, 0.3) is 11.8 Å². The maximum absolute atomic E-state index is 12.4. The van der Waals surface area contributed by atoms with Crippen LogP contribution in [0, 0.1) is 6.92 Å². The molecule has 1 amide bonds. The summed E-state index contributed by atoms with van der Waals surface area (Å²) >= 11 is 0. The normalized spacial score (nSPS) is 18.4. The van der Waals surface area contributed by atoms with Crippen LogP contribution in [0.4, 0.5) is 0 Å². The monoisotopic (exact) mass is 349 g/mol. The summed E-state index contributed by atoms with van der Waals surface area (Å²) in [4.78, 5) is 18.6. The summed E-state index contributed by atoms with van der Waals surface area (Å²) in [6, 6.07) is 1.64. The lowest BCUT2D eigenvalue weighted by molar-refractivity contribution is -0.141. The Labute approximate surface area is 145 Å². The van der Waals surface area contributed by atoms with Crippen molar-refractivity contribution in [1.29, 1.82) is 0 Å². The fraction of sp³-hybridized carbons (Fsp3) is 0.625. The minimum atomic E-state index is -0.324. The molecule has 1 atom stereocenters. The summed E-state index contributed by atoms with van der Waals surface area (Å²) < 4.78 is 16.0. The second-order valence-corrected chi connectivity index (χ2v) is 7.06. The first kappa shape index (κ1) is 17.4. The molecule has 1 saturated heterocycles. The van der Waals surface area contributed by atoms with Gasteiger partial charge in [-0.2, -0.15) is 5.10 Å². The first-order chi connectivity index (χ1) is 11.8. The number of morpholine rings is 1. The van der Waals surface area contributed by atoms with Gasteiger partial charge in [0.05, 0.1) is 13.2 Å². The molecule has 0 bridgehead atoms. The number of ether oxygens (including phenoxy) is 2. The smallest absolute Gasteiger partial charge is 0.260 e. The zero-order valence-electron chi connectivity index (χ0n) is 14.9. The van der Waals surface area contributed by atoms with Crippen LogP contribution in [0.1, 0.15) is 44.3 Å². The Morgan fingerprint density at radius 2 is 2.28 bits per heavy atom. The summed E-state index contributed by atoms with van der Waals surface area (Å²) in [5, 5.41) is 10.9. The van der Waals surface area contributed by atoms with Gasteiger partial charge in [-0.25, -0.2) is 4.98 Å². The number of carbonyl (C=O) groups is 1. The average Bonchev–Trinajstić information content (AvgIpc) is 3.21. The minimum Gasteiger partial charge on any atom is -0.465 e. The number of H-pyrrole nitrogens is 1. The van der Waals surface area contributed by atoms with Gasteiger partial charge in [-0.1, -0.05) is 20.8 Å². The van der Waals surface area contributed by atoms with Crippen LogP contribution in [0.3, 0.4) is 0 Å². The molecule has 0 aliphatic carbocycles. The lowest BCUT2D eigenvalue weighted by Gasteiger charge is -2.31. The highest BCUT2D eigenvalue weighted by molar-refractivity contribution is 5.77. The molecule has 1 fully saturated rings. The Bertz CT molecular complexity index is 733. The number of aromatic amines is 1. The predicted octanol–water partition coefficient (Wildman–Crippen LogP) is 1.38. The van der Waals surface area contributed by atoms with E-state index in [1.807, 2.05) is 20.8 Å². The Morgan fingerprint density at radius 1 is 1.48 bits per heavy atom. The second kappa shape index (κ2) is 6.83. The van der Waals surface area contributed by atoms with Crippen molar-refractivity contribution >= 4 is 5.91 Å². The van der Waals surface area contributed by atoms with Crippen molar-refractivity contribution in [3.05, 3.63) is 23.5 Å². The summed E-state index contributed by atoms with van der Waals surface area (Å²) in [7, 11) is 0. The summed E-state index contributed by atoms with van der Waals surface area (Å²) in [5.41, 5.74) is -0.150. The van der Waals surface area contributed by atoms with Crippen LogP contribution in [0.5, 0.6) is 5.88 Å². The van der Waals surface area contributed by atoms with E-state index in [1.165, 1.54) is 0 Å².